The van der Waals surface area contributed by atoms with Crippen LogP contribution in [0.4, 0.5) is 18.3 Å². The highest BCUT2D eigenvalue weighted by atomic mass is 32.1. The molecule has 1 aromatic carbocycles. The second-order valence-electron chi connectivity index (χ2n) is 7.35. The number of para-hydroxylation sites is 1. The van der Waals surface area contributed by atoms with Crippen LogP contribution in [0.1, 0.15) is 11.3 Å². The molecule has 4 aromatic heterocycles. The summed E-state index contributed by atoms with van der Waals surface area (Å²) < 4.78 is 44.1. The molecule has 0 atom stereocenters. The molecule has 7 nitrogen and oxygen atoms in total. The van der Waals surface area contributed by atoms with Crippen molar-refractivity contribution in [3.05, 3.63) is 78.4 Å². The zero-order valence-electron chi connectivity index (χ0n) is 17.7. The van der Waals surface area contributed by atoms with Gasteiger partial charge < -0.3 is 10.1 Å². The summed E-state index contributed by atoms with van der Waals surface area (Å²) in [7, 11) is 0. The maximum Gasteiger partial charge on any atom is 0.573 e. The zero-order valence-corrected chi connectivity index (χ0v) is 18.6. The summed E-state index contributed by atoms with van der Waals surface area (Å²) in [5.74, 6) is -0.253. The minimum Gasteiger partial charge on any atom is -0.405 e. The van der Waals surface area contributed by atoms with E-state index in [2.05, 4.69) is 25.1 Å². The van der Waals surface area contributed by atoms with Crippen molar-refractivity contribution in [3.8, 4) is 27.6 Å². The lowest BCUT2D eigenvalue weighted by atomic mass is 10.1. The van der Waals surface area contributed by atoms with E-state index in [4.69, 9.17) is 4.98 Å². The fraction of sp³-hybridized carbons (Fsp3) is 0.130. The monoisotopic (exact) mass is 482 g/mol. The van der Waals surface area contributed by atoms with Crippen molar-refractivity contribution < 1.29 is 17.9 Å². The van der Waals surface area contributed by atoms with Gasteiger partial charge in [-0.2, -0.15) is 5.10 Å². The average Bonchev–Trinajstić information content (AvgIpc) is 3.44. The van der Waals surface area contributed by atoms with Gasteiger partial charge in [0.1, 0.15) is 17.8 Å². The molecule has 5 aromatic rings. The van der Waals surface area contributed by atoms with Gasteiger partial charge in [0.05, 0.1) is 10.6 Å². The lowest BCUT2D eigenvalue weighted by molar-refractivity contribution is -0.274. The van der Waals surface area contributed by atoms with Crippen molar-refractivity contribution in [2.75, 3.05) is 5.32 Å². The third kappa shape index (κ3) is 4.69. The summed E-state index contributed by atoms with van der Waals surface area (Å²) in [6.07, 6.45) is -1.44. The second-order valence-corrected chi connectivity index (χ2v) is 8.35. The van der Waals surface area contributed by atoms with Gasteiger partial charge in [-0.1, -0.05) is 35.6 Å². The van der Waals surface area contributed by atoms with Crippen LogP contribution in [0.5, 0.6) is 5.75 Å². The van der Waals surface area contributed by atoms with Crippen LogP contribution in [0.3, 0.4) is 0 Å². The Hall–Kier alpha value is -3.99. The van der Waals surface area contributed by atoms with Gasteiger partial charge in [0.2, 0.25) is 0 Å². The number of anilines is 1. The van der Waals surface area contributed by atoms with Crippen molar-refractivity contribution in [1.29, 1.82) is 0 Å². The topological polar surface area (TPSA) is 77.2 Å². The van der Waals surface area contributed by atoms with Gasteiger partial charge in [-0.15, -0.1) is 13.2 Å². The summed E-state index contributed by atoms with van der Waals surface area (Å²) in [4.78, 5) is 14.3. The van der Waals surface area contributed by atoms with E-state index in [0.29, 0.717) is 27.7 Å². The van der Waals surface area contributed by atoms with Gasteiger partial charge in [-0.05, 0) is 37.3 Å². The van der Waals surface area contributed by atoms with Crippen molar-refractivity contribution in [3.63, 3.8) is 0 Å². The number of halogens is 3. The van der Waals surface area contributed by atoms with Crippen molar-refractivity contribution in [1.82, 2.24) is 24.6 Å². The average molecular weight is 482 g/mol. The predicted molar refractivity (Wildman–Crippen MR) is 123 cm³/mol. The minimum absolute atomic E-state index is 0.0992. The van der Waals surface area contributed by atoms with E-state index < -0.39 is 6.36 Å². The molecule has 0 saturated heterocycles. The molecule has 0 aliphatic rings. The Morgan fingerprint density at radius 1 is 1.03 bits per heavy atom. The molecule has 0 spiro atoms. The number of fused-ring (bicyclic) bond motifs is 1. The molecule has 4 heterocycles. The Kier molecular flexibility index (Phi) is 5.62. The first-order valence-electron chi connectivity index (χ1n) is 10.2. The molecular formula is C23H17F3N6OS. The quantitative estimate of drug-likeness (QED) is 0.333. The Morgan fingerprint density at radius 2 is 1.88 bits per heavy atom. The van der Waals surface area contributed by atoms with Gasteiger partial charge in [-0.25, -0.2) is 14.5 Å². The molecule has 0 radical (unpaired) electrons. The Labute approximate surface area is 195 Å². The van der Waals surface area contributed by atoms with Crippen LogP contribution in [0.25, 0.3) is 27.5 Å². The molecule has 0 bridgehead atoms. The van der Waals surface area contributed by atoms with Crippen molar-refractivity contribution >= 4 is 22.1 Å². The third-order valence-electron chi connectivity index (χ3n) is 4.92. The highest BCUT2D eigenvalue weighted by Gasteiger charge is 2.32. The molecule has 1 N–H and O–H groups in total. The molecule has 0 saturated carbocycles. The minimum atomic E-state index is -4.77. The van der Waals surface area contributed by atoms with Crippen molar-refractivity contribution in [2.45, 2.75) is 19.8 Å². The van der Waals surface area contributed by atoms with Gasteiger partial charge in [0.15, 0.2) is 10.8 Å². The van der Waals surface area contributed by atoms with Crippen LogP contribution < -0.4 is 10.1 Å². The number of rotatable bonds is 6. The number of aryl methyl sites for hydroxylation is 1. The summed E-state index contributed by atoms with van der Waals surface area (Å²) in [6.45, 7) is 2.00. The van der Waals surface area contributed by atoms with Gasteiger partial charge in [-0.3, -0.25) is 4.98 Å². The fourth-order valence-electron chi connectivity index (χ4n) is 3.44. The summed E-state index contributed by atoms with van der Waals surface area (Å²) in [5, 5.41) is 7.86. The summed E-state index contributed by atoms with van der Waals surface area (Å²) >= 11 is 1.38. The molecule has 11 heteroatoms. The highest BCUT2D eigenvalue weighted by molar-refractivity contribution is 7.19. The molecule has 0 fully saturated rings. The molecule has 0 aliphatic carbocycles. The number of ether oxygens (including phenoxy) is 1. The number of aromatic nitrogens is 5. The van der Waals surface area contributed by atoms with E-state index in [0.717, 1.165) is 16.1 Å². The maximum atomic E-state index is 12.8. The number of benzene rings is 1. The van der Waals surface area contributed by atoms with E-state index in [-0.39, 0.29) is 12.3 Å². The number of nitrogens with zero attached hydrogens (tertiary/aromatic N) is 5. The lowest BCUT2D eigenvalue weighted by Gasteiger charge is -2.13. The molecule has 5 rings (SSSR count). The first-order chi connectivity index (χ1) is 16.4. The number of nitrogens with one attached hydrogen (secondary N) is 1. The smallest absolute Gasteiger partial charge is 0.405 e. The third-order valence-corrected chi connectivity index (χ3v) is 5.98. The van der Waals surface area contributed by atoms with E-state index in [1.54, 1.807) is 16.6 Å². The van der Waals surface area contributed by atoms with Crippen molar-refractivity contribution in [2.24, 2.45) is 0 Å². The number of hydrogen-bond donors (Lipinski definition) is 1. The Morgan fingerprint density at radius 3 is 2.71 bits per heavy atom. The molecule has 0 aliphatic heterocycles. The maximum absolute atomic E-state index is 12.8. The molecule has 0 amide bonds. The number of alkyl halides is 3. The number of hydrogen-bond acceptors (Lipinski definition) is 7. The first-order valence-corrected chi connectivity index (χ1v) is 11.0. The number of thiazole rings is 1. The van der Waals surface area contributed by atoms with Crippen LogP contribution in [-0.4, -0.2) is 30.9 Å². The molecule has 0 unspecified atom stereocenters. The van der Waals surface area contributed by atoms with E-state index in [9.17, 15) is 13.2 Å². The number of pyridine rings is 2. The van der Waals surface area contributed by atoms with Crippen LogP contribution >= 0.6 is 11.3 Å². The van der Waals surface area contributed by atoms with E-state index in [1.165, 1.54) is 29.8 Å². The van der Waals surface area contributed by atoms with Gasteiger partial charge in [0, 0.05) is 29.6 Å². The lowest BCUT2D eigenvalue weighted by Crippen LogP contribution is -2.18. The normalized spacial score (nSPS) is 11.6. The Balaban J connectivity index is 1.50. The van der Waals surface area contributed by atoms with Crippen LogP contribution in [0, 0.1) is 6.92 Å². The molecule has 34 heavy (non-hydrogen) atoms. The van der Waals surface area contributed by atoms with Gasteiger partial charge in [0.25, 0.3) is 0 Å². The van der Waals surface area contributed by atoms with E-state index >= 15 is 0 Å². The summed E-state index contributed by atoms with van der Waals surface area (Å²) in [6, 6.07) is 15.5. The predicted octanol–water partition coefficient (Wildman–Crippen LogP) is 5.73. The highest BCUT2D eigenvalue weighted by Crippen LogP contribution is 2.39. The molecule has 172 valence electrons. The second kappa shape index (κ2) is 8.75. The molecular weight excluding hydrogens is 465 g/mol. The van der Waals surface area contributed by atoms with E-state index in [1.807, 2.05) is 43.5 Å². The summed E-state index contributed by atoms with van der Waals surface area (Å²) in [5.41, 5.74) is 4.13. The van der Waals surface area contributed by atoms with Crippen LogP contribution in [0.2, 0.25) is 0 Å². The van der Waals surface area contributed by atoms with Gasteiger partial charge >= 0.3 is 6.36 Å². The SMILES string of the molecule is Cc1cccc(-c2nc(NCc3ccccc3OC(F)(F)F)sc2-c2ccc3ncnn3c2)n1. The first kappa shape index (κ1) is 21.8. The fourth-order valence-corrected chi connectivity index (χ4v) is 4.40. The Bertz CT molecular complexity index is 1460. The van der Waals surface area contributed by atoms with Crippen LogP contribution in [0.15, 0.2) is 67.1 Å². The standard InChI is InChI=1S/C23H17F3N6OS/c1-14-5-4-7-17(30-14)20-21(16-9-10-19-28-13-29-32(19)12-16)34-22(31-20)27-11-15-6-2-3-8-18(15)33-23(24,25)26/h2-10,12-13H,11H2,1H3,(H,27,31). The van der Waals surface area contributed by atoms with Crippen LogP contribution in [-0.2, 0) is 6.54 Å². The zero-order chi connectivity index (χ0) is 23.7. The largest absolute Gasteiger partial charge is 0.573 e.